The van der Waals surface area contributed by atoms with Crippen LogP contribution in [0.1, 0.15) is 32.1 Å². The molecule has 80 valence electrons. The summed E-state index contributed by atoms with van der Waals surface area (Å²) in [5.74, 6) is 2.07. The van der Waals surface area contributed by atoms with Crippen molar-refractivity contribution in [1.82, 2.24) is 4.98 Å². The van der Waals surface area contributed by atoms with Crippen LogP contribution in [0.15, 0.2) is 24.4 Å². The Morgan fingerprint density at radius 2 is 2.33 bits per heavy atom. The Labute approximate surface area is 91.1 Å². The van der Waals surface area contributed by atoms with Crippen molar-refractivity contribution in [3.8, 4) is 0 Å². The third-order valence-electron chi connectivity index (χ3n) is 4.07. The molecule has 1 N–H and O–H groups in total. The van der Waals surface area contributed by atoms with Gasteiger partial charge in [0.15, 0.2) is 0 Å². The molecule has 0 unspecified atom stereocenters. The zero-order chi connectivity index (χ0) is 10.1. The van der Waals surface area contributed by atoms with Crippen molar-refractivity contribution in [1.29, 1.82) is 0 Å². The molecule has 0 radical (unpaired) electrons. The van der Waals surface area contributed by atoms with Gasteiger partial charge in [0.25, 0.3) is 0 Å². The molecule has 0 spiro atoms. The largest absolute Gasteiger partial charge is 0.370 e. The first-order valence-electron chi connectivity index (χ1n) is 6.01. The minimum Gasteiger partial charge on any atom is -0.370 e. The molecule has 4 rings (SSSR count). The van der Waals surface area contributed by atoms with Gasteiger partial charge in [-0.1, -0.05) is 18.9 Å². The number of nitrogens with one attached hydrogen (secondary N) is 1. The number of anilines is 1. The van der Waals surface area contributed by atoms with Crippen molar-refractivity contribution in [3.63, 3.8) is 0 Å². The summed E-state index contributed by atoms with van der Waals surface area (Å²) < 4.78 is 0. The molecule has 0 atom stereocenters. The Morgan fingerprint density at radius 1 is 1.40 bits per heavy atom. The van der Waals surface area contributed by atoms with E-state index in [1.807, 2.05) is 18.3 Å². The lowest BCUT2D eigenvalue weighted by atomic mass is 9.54. The summed E-state index contributed by atoms with van der Waals surface area (Å²) in [6.07, 6.45) is 9.09. The van der Waals surface area contributed by atoms with Crippen molar-refractivity contribution in [2.24, 2.45) is 11.3 Å². The van der Waals surface area contributed by atoms with Crippen LogP contribution in [0.25, 0.3) is 0 Å². The van der Waals surface area contributed by atoms with Gasteiger partial charge in [-0.25, -0.2) is 4.98 Å². The molecular formula is C13H18N2. The maximum absolute atomic E-state index is 4.30. The molecule has 1 heterocycles. The lowest BCUT2D eigenvalue weighted by Crippen LogP contribution is -2.45. The van der Waals surface area contributed by atoms with Gasteiger partial charge in [0.1, 0.15) is 5.82 Å². The van der Waals surface area contributed by atoms with Crippen LogP contribution >= 0.6 is 0 Å². The highest BCUT2D eigenvalue weighted by Gasteiger charge is 2.46. The SMILES string of the molecule is c1ccc(NCC23CCCC(C2)C3)nc1. The molecule has 0 aliphatic heterocycles. The van der Waals surface area contributed by atoms with E-state index >= 15 is 0 Å². The van der Waals surface area contributed by atoms with E-state index in [1.165, 1.54) is 32.1 Å². The van der Waals surface area contributed by atoms with E-state index in [9.17, 15) is 0 Å². The summed E-state index contributed by atoms with van der Waals surface area (Å²) in [6, 6.07) is 6.05. The predicted molar refractivity (Wildman–Crippen MR) is 61.7 cm³/mol. The highest BCUT2D eigenvalue weighted by atomic mass is 15.0. The molecule has 1 aromatic rings. The summed E-state index contributed by atoms with van der Waals surface area (Å²) in [7, 11) is 0. The fourth-order valence-corrected chi connectivity index (χ4v) is 3.32. The van der Waals surface area contributed by atoms with Crippen molar-refractivity contribution >= 4 is 5.82 Å². The second-order valence-electron chi connectivity index (χ2n) is 5.24. The fourth-order valence-electron chi connectivity index (χ4n) is 3.32. The molecule has 3 aliphatic carbocycles. The van der Waals surface area contributed by atoms with E-state index in [-0.39, 0.29) is 0 Å². The van der Waals surface area contributed by atoms with Crippen LogP contribution in [-0.4, -0.2) is 11.5 Å². The van der Waals surface area contributed by atoms with E-state index < -0.39 is 0 Å². The van der Waals surface area contributed by atoms with Crippen LogP contribution < -0.4 is 5.32 Å². The Kier molecular flexibility index (Phi) is 2.15. The monoisotopic (exact) mass is 202 g/mol. The molecule has 15 heavy (non-hydrogen) atoms. The summed E-state index contributed by atoms with van der Waals surface area (Å²) in [5.41, 5.74) is 0.625. The van der Waals surface area contributed by atoms with Gasteiger partial charge in [0.2, 0.25) is 0 Å². The third kappa shape index (κ3) is 1.73. The molecule has 0 aromatic carbocycles. The van der Waals surface area contributed by atoms with Crippen molar-refractivity contribution in [3.05, 3.63) is 24.4 Å². The topological polar surface area (TPSA) is 24.9 Å². The van der Waals surface area contributed by atoms with Gasteiger partial charge < -0.3 is 5.32 Å². The third-order valence-corrected chi connectivity index (χ3v) is 4.07. The second-order valence-corrected chi connectivity index (χ2v) is 5.24. The second kappa shape index (κ2) is 3.51. The molecule has 3 fully saturated rings. The number of nitrogens with zero attached hydrogens (tertiary/aromatic N) is 1. The highest BCUT2D eigenvalue weighted by molar-refractivity contribution is 5.33. The Bertz CT molecular complexity index is 322. The van der Waals surface area contributed by atoms with Crippen LogP contribution in [0.3, 0.4) is 0 Å². The predicted octanol–water partition coefficient (Wildman–Crippen LogP) is 3.07. The lowest BCUT2D eigenvalue weighted by molar-refractivity contribution is 0.00795. The Balaban J connectivity index is 1.58. The maximum Gasteiger partial charge on any atom is 0.125 e. The zero-order valence-corrected chi connectivity index (χ0v) is 9.08. The summed E-state index contributed by atoms with van der Waals surface area (Å²) in [4.78, 5) is 4.30. The Hall–Kier alpha value is -1.05. The summed E-state index contributed by atoms with van der Waals surface area (Å²) in [6.45, 7) is 1.13. The molecule has 2 nitrogen and oxygen atoms in total. The van der Waals surface area contributed by atoms with Gasteiger partial charge in [-0.3, -0.25) is 0 Å². The average Bonchev–Trinajstić information content (AvgIpc) is 2.28. The Morgan fingerprint density at radius 3 is 3.00 bits per heavy atom. The molecule has 3 saturated carbocycles. The average molecular weight is 202 g/mol. The molecular weight excluding hydrogens is 184 g/mol. The number of hydrogen-bond acceptors (Lipinski definition) is 2. The molecule has 3 aliphatic rings. The number of aromatic nitrogens is 1. The minimum absolute atomic E-state index is 0.625. The number of hydrogen-bond donors (Lipinski definition) is 1. The first-order valence-corrected chi connectivity index (χ1v) is 6.01. The number of pyridine rings is 1. The van der Waals surface area contributed by atoms with Gasteiger partial charge in [-0.05, 0) is 42.7 Å². The van der Waals surface area contributed by atoms with E-state index in [4.69, 9.17) is 0 Å². The van der Waals surface area contributed by atoms with Crippen LogP contribution in [0, 0.1) is 11.3 Å². The van der Waals surface area contributed by atoms with Gasteiger partial charge in [0.05, 0.1) is 0 Å². The highest BCUT2D eigenvalue weighted by Crippen LogP contribution is 2.55. The quantitative estimate of drug-likeness (QED) is 0.814. The summed E-state index contributed by atoms with van der Waals surface area (Å²) >= 11 is 0. The van der Waals surface area contributed by atoms with Crippen molar-refractivity contribution < 1.29 is 0 Å². The van der Waals surface area contributed by atoms with Crippen molar-refractivity contribution in [2.45, 2.75) is 32.1 Å². The van der Waals surface area contributed by atoms with E-state index in [0.29, 0.717) is 5.41 Å². The van der Waals surface area contributed by atoms with Gasteiger partial charge in [-0.15, -0.1) is 0 Å². The standard InChI is InChI=1S/C13H18N2/c1-2-7-14-12(5-1)15-10-13-6-3-4-11(8-13)9-13/h1-2,5,7,11H,3-4,6,8-10H2,(H,14,15). The van der Waals surface area contributed by atoms with Gasteiger partial charge >= 0.3 is 0 Å². The molecule has 2 bridgehead atoms. The van der Waals surface area contributed by atoms with Crippen LogP contribution in [0.2, 0.25) is 0 Å². The molecule has 0 amide bonds. The molecule has 0 saturated heterocycles. The zero-order valence-electron chi connectivity index (χ0n) is 9.08. The first kappa shape index (κ1) is 9.20. The van der Waals surface area contributed by atoms with Gasteiger partial charge in [-0.2, -0.15) is 0 Å². The van der Waals surface area contributed by atoms with Crippen LogP contribution in [0.5, 0.6) is 0 Å². The van der Waals surface area contributed by atoms with E-state index in [2.05, 4.69) is 16.4 Å². The van der Waals surface area contributed by atoms with E-state index in [1.54, 1.807) is 0 Å². The van der Waals surface area contributed by atoms with Crippen LogP contribution in [-0.2, 0) is 0 Å². The molecule has 1 aromatic heterocycles. The molecule has 2 heteroatoms. The minimum atomic E-state index is 0.625. The fraction of sp³-hybridized carbons (Fsp3) is 0.615. The van der Waals surface area contributed by atoms with Gasteiger partial charge in [0, 0.05) is 12.7 Å². The number of fused-ring (bicyclic) bond motifs is 2. The number of rotatable bonds is 3. The maximum atomic E-state index is 4.30. The normalized spacial score (nSPS) is 33.2. The summed E-state index contributed by atoms with van der Waals surface area (Å²) in [5, 5.41) is 3.48. The smallest absolute Gasteiger partial charge is 0.125 e. The van der Waals surface area contributed by atoms with Crippen LogP contribution in [0.4, 0.5) is 5.82 Å². The van der Waals surface area contributed by atoms with Crippen molar-refractivity contribution in [2.75, 3.05) is 11.9 Å². The van der Waals surface area contributed by atoms with E-state index in [0.717, 1.165) is 18.3 Å². The first-order chi connectivity index (χ1) is 7.36. The lowest BCUT2D eigenvalue weighted by Gasteiger charge is -2.52.